The Hall–Kier alpha value is -4.86. The number of hydrogen-bond acceptors (Lipinski definition) is 27. The maximum absolute atomic E-state index is 11.2. The standard InChI is InChI=1S/C49H96O17.C24H46O3.C23H36O4.C7H12O3/c1-12-14-15-48(13-2)39-66-47(11)38-65-46(10)37-64-45(9)36-63-44(8)35-62-43(7)34-61-42(6)33-60-41(5)32-58-29-28-56-25-24-54-21-20-52-17-16-51-18-19-53-22-23-55-26-27-57-30-31-59-49(50)40(3)4;1-4-5-6-7-8-9-10-11-12-13-14-15-16-17-18-19-20-26-21-22-27-24(25)23(2)3;1-4-6-7-8-9-10-11-12-21-13-15-22(16-14-21)27-20(3)19-25-17-18-26-23(24)5-2;1-6(2)7(8)10-5-4-9-3/h41-48H,3,12-39H2,1-2,4-11H3;2,4-22H2,1,3H3;5,13-16,20H,2,4,6-12,17-19H2,1,3H3;1,4-5H2,2-3H3. The summed E-state index contributed by atoms with van der Waals surface area (Å²) in [5, 5.41) is 0. The molecule has 0 fully saturated rings. The van der Waals surface area contributed by atoms with Gasteiger partial charge in [0.25, 0.3) is 0 Å². The number of carbonyl (C=O) groups excluding carboxylic acids is 4. The van der Waals surface area contributed by atoms with Gasteiger partial charge in [-0.3, -0.25) is 0 Å². The summed E-state index contributed by atoms with van der Waals surface area (Å²) in [6.07, 6.45) is 38.2. The lowest BCUT2D eigenvalue weighted by Gasteiger charge is -2.23. The van der Waals surface area contributed by atoms with Gasteiger partial charge in [-0.15, -0.1) is 0 Å². The lowest BCUT2D eigenvalue weighted by Crippen LogP contribution is -2.30. The van der Waals surface area contributed by atoms with Crippen molar-refractivity contribution in [2.24, 2.45) is 5.92 Å². The van der Waals surface area contributed by atoms with Gasteiger partial charge in [-0.05, 0) is 125 Å². The summed E-state index contributed by atoms with van der Waals surface area (Å²) >= 11 is 0. The third kappa shape index (κ3) is 97.7. The van der Waals surface area contributed by atoms with Gasteiger partial charge in [0, 0.05) is 43.1 Å². The van der Waals surface area contributed by atoms with E-state index in [9.17, 15) is 19.2 Å². The van der Waals surface area contributed by atoms with Crippen LogP contribution in [0.2, 0.25) is 0 Å². The highest BCUT2D eigenvalue weighted by Gasteiger charge is 2.17. The first-order valence-corrected chi connectivity index (χ1v) is 49.5. The van der Waals surface area contributed by atoms with Gasteiger partial charge in [-0.2, -0.15) is 0 Å². The maximum Gasteiger partial charge on any atom is 0.333 e. The lowest BCUT2D eigenvalue weighted by molar-refractivity contribution is -0.141. The zero-order valence-electron chi connectivity index (χ0n) is 84.9. The van der Waals surface area contributed by atoms with Crippen LogP contribution >= 0.6 is 0 Å². The summed E-state index contributed by atoms with van der Waals surface area (Å²) in [6, 6.07) is 8.35. The average Bonchev–Trinajstić information content (AvgIpc) is 0.900. The van der Waals surface area contributed by atoms with Gasteiger partial charge in [0.1, 0.15) is 38.3 Å². The molecule has 0 radical (unpaired) electrons. The topological polar surface area (TPSA) is 281 Å². The van der Waals surface area contributed by atoms with E-state index in [-0.39, 0.29) is 74.0 Å². The lowest BCUT2D eigenvalue weighted by atomic mass is 10.0. The number of methoxy groups -OCH3 is 1. The minimum absolute atomic E-state index is 0.0236. The molecule has 0 aliphatic rings. The number of unbranched alkanes of at least 4 members (excludes halogenated alkanes) is 22. The van der Waals surface area contributed by atoms with Gasteiger partial charge >= 0.3 is 23.9 Å². The zero-order chi connectivity index (χ0) is 96.6. The molecule has 0 amide bonds. The summed E-state index contributed by atoms with van der Waals surface area (Å²) < 4.78 is 127. The Labute approximate surface area is 789 Å². The number of hydrogen-bond donors (Lipinski definition) is 0. The summed E-state index contributed by atoms with van der Waals surface area (Å²) in [7, 11) is 1.55. The van der Waals surface area contributed by atoms with E-state index in [4.69, 9.17) is 99.5 Å². The molecule has 9 atom stereocenters. The van der Waals surface area contributed by atoms with Crippen molar-refractivity contribution in [2.45, 2.75) is 332 Å². The Kier molecular flexibility index (Phi) is 99.5. The molecule has 1 aromatic rings. The SMILES string of the molecule is C=C(C)C(=O)OCCOC.C=C(C)C(=O)OCCOCCCCCCCCCCCCCCCCCC.C=C(C)C(=O)OCCOCCOCCOCCOCCOCCOCCOCCOCC(C)OCC(C)OCC(C)OCC(C)OCC(C)OCC(C)OCC(C)OCC(CC)CCCC.C=CC(=O)OCCOCC(C)Oc1ccc(CCCCCCCCC)cc1. The smallest absolute Gasteiger partial charge is 0.333 e. The summed E-state index contributed by atoms with van der Waals surface area (Å²) in [4.78, 5) is 43.9. The molecule has 0 heterocycles. The second-order valence-corrected chi connectivity index (χ2v) is 33.3. The normalized spacial score (nSPS) is 13.3. The molecule has 1 rings (SSSR count). The fraction of sp³-hybridized carbons (Fsp3) is 0.825. The van der Waals surface area contributed by atoms with Crippen LogP contribution in [0.1, 0.15) is 283 Å². The molecule has 764 valence electrons. The highest BCUT2D eigenvalue weighted by Crippen LogP contribution is 2.20. The molecule has 0 aliphatic carbocycles. The number of aryl methyl sites for hydroxylation is 1. The highest BCUT2D eigenvalue weighted by atomic mass is 16.6. The fourth-order valence-electron chi connectivity index (χ4n) is 11.7. The van der Waals surface area contributed by atoms with E-state index in [1.165, 1.54) is 166 Å². The molecule has 0 aliphatic heterocycles. The molecular formula is C103H190O27. The average molecular weight is 1860 g/mol. The van der Waals surface area contributed by atoms with E-state index in [1.54, 1.807) is 27.9 Å². The summed E-state index contributed by atoms with van der Waals surface area (Å²) in [5.74, 6) is -0.0612. The van der Waals surface area contributed by atoms with Crippen molar-refractivity contribution in [2.75, 3.05) is 219 Å². The molecule has 130 heavy (non-hydrogen) atoms. The van der Waals surface area contributed by atoms with Crippen molar-refractivity contribution in [1.29, 1.82) is 0 Å². The van der Waals surface area contributed by atoms with Gasteiger partial charge in [0.2, 0.25) is 0 Å². The fourth-order valence-corrected chi connectivity index (χ4v) is 11.7. The Morgan fingerprint density at radius 3 is 0.869 bits per heavy atom. The second-order valence-electron chi connectivity index (χ2n) is 33.3. The predicted molar refractivity (Wildman–Crippen MR) is 518 cm³/mol. The second kappa shape index (κ2) is 100. The molecule has 0 N–H and O–H groups in total. The monoisotopic (exact) mass is 1860 g/mol. The molecular weight excluding hydrogens is 1670 g/mol. The number of carbonyl (C=O) groups is 4. The molecule has 0 bridgehead atoms. The first kappa shape index (κ1) is 129. The molecule has 27 heteroatoms. The largest absolute Gasteiger partial charge is 0.488 e. The number of ether oxygens (including phenoxy) is 23. The van der Waals surface area contributed by atoms with Crippen LogP contribution in [0.3, 0.4) is 0 Å². The van der Waals surface area contributed by atoms with Crippen LogP contribution in [0.5, 0.6) is 5.75 Å². The van der Waals surface area contributed by atoms with Gasteiger partial charge in [-0.1, -0.05) is 220 Å². The minimum atomic E-state index is -0.431. The van der Waals surface area contributed by atoms with Gasteiger partial charge in [0.15, 0.2) is 0 Å². The quantitative estimate of drug-likeness (QED) is 0.0253. The highest BCUT2D eigenvalue weighted by molar-refractivity contribution is 5.87. The predicted octanol–water partition coefficient (Wildman–Crippen LogP) is 19.9. The van der Waals surface area contributed by atoms with Crippen molar-refractivity contribution in [1.82, 2.24) is 0 Å². The Morgan fingerprint density at radius 1 is 0.292 bits per heavy atom. The number of esters is 4. The third-order valence-electron chi connectivity index (χ3n) is 19.8. The van der Waals surface area contributed by atoms with Crippen LogP contribution in [0, 0.1) is 5.92 Å². The third-order valence-corrected chi connectivity index (χ3v) is 19.8. The van der Waals surface area contributed by atoms with E-state index in [0.29, 0.717) is 208 Å². The molecule has 0 saturated heterocycles. The van der Waals surface area contributed by atoms with Crippen LogP contribution in [-0.2, 0) is 130 Å². The Bertz CT molecular complexity index is 2670. The summed E-state index contributed by atoms with van der Waals surface area (Å²) in [6.45, 7) is 58.3. The number of benzene rings is 1. The van der Waals surface area contributed by atoms with Gasteiger partial charge in [0.05, 0.1) is 215 Å². The van der Waals surface area contributed by atoms with Crippen molar-refractivity contribution >= 4 is 23.9 Å². The molecule has 0 spiro atoms. The minimum Gasteiger partial charge on any atom is -0.488 e. The van der Waals surface area contributed by atoms with Crippen molar-refractivity contribution in [3.63, 3.8) is 0 Å². The van der Waals surface area contributed by atoms with Crippen LogP contribution in [0.15, 0.2) is 73.4 Å². The van der Waals surface area contributed by atoms with Gasteiger partial charge in [-0.25, -0.2) is 19.2 Å². The zero-order valence-corrected chi connectivity index (χ0v) is 84.9. The molecule has 27 nitrogen and oxygen atoms in total. The van der Waals surface area contributed by atoms with E-state index in [1.807, 2.05) is 60.6 Å². The maximum atomic E-state index is 11.2. The van der Waals surface area contributed by atoms with Crippen LogP contribution in [0.25, 0.3) is 0 Å². The van der Waals surface area contributed by atoms with Crippen molar-refractivity contribution in [3.8, 4) is 5.75 Å². The van der Waals surface area contributed by atoms with Gasteiger partial charge < -0.3 is 109 Å². The van der Waals surface area contributed by atoms with E-state index in [2.05, 4.69) is 82.5 Å². The summed E-state index contributed by atoms with van der Waals surface area (Å²) in [5.41, 5.74) is 2.58. The van der Waals surface area contributed by atoms with E-state index >= 15 is 0 Å². The first-order chi connectivity index (χ1) is 62.9. The number of rotatable bonds is 93. The van der Waals surface area contributed by atoms with Crippen LogP contribution in [0.4, 0.5) is 0 Å². The Morgan fingerprint density at radius 2 is 0.554 bits per heavy atom. The first-order valence-electron chi connectivity index (χ1n) is 49.5. The van der Waals surface area contributed by atoms with Crippen LogP contribution < -0.4 is 4.74 Å². The molecule has 9 unspecified atom stereocenters. The van der Waals surface area contributed by atoms with Crippen LogP contribution in [-0.4, -0.2) is 291 Å². The van der Waals surface area contributed by atoms with Crippen molar-refractivity contribution in [3.05, 3.63) is 78.9 Å². The molecule has 0 aromatic heterocycles. The molecule has 1 aromatic carbocycles. The van der Waals surface area contributed by atoms with Crippen molar-refractivity contribution < 1.29 is 128 Å². The van der Waals surface area contributed by atoms with E-state index < -0.39 is 11.9 Å². The molecule has 0 saturated carbocycles. The Balaban J connectivity index is -0.00000204. The van der Waals surface area contributed by atoms with E-state index in [0.717, 1.165) is 44.3 Å².